The van der Waals surface area contributed by atoms with Crippen molar-refractivity contribution < 1.29 is 9.53 Å². The van der Waals surface area contributed by atoms with Crippen LogP contribution in [0.5, 0.6) is 0 Å². The number of ether oxygens (including phenoxy) is 1. The van der Waals surface area contributed by atoms with Crippen LogP contribution >= 0.6 is 11.6 Å². The third kappa shape index (κ3) is 2.91. The Bertz CT molecular complexity index is 380. The van der Waals surface area contributed by atoms with Crippen LogP contribution < -0.4 is 10.6 Å². The van der Waals surface area contributed by atoms with Crippen LogP contribution in [0.1, 0.15) is 0 Å². The van der Waals surface area contributed by atoms with E-state index in [0.29, 0.717) is 30.6 Å². The summed E-state index contributed by atoms with van der Waals surface area (Å²) < 4.78 is 5.20. The average molecular weight is 242 g/mol. The molecular weight excluding hydrogens is 230 g/mol. The molecule has 1 aromatic heterocycles. The molecule has 86 valence electrons. The Balaban J connectivity index is 1.96. The van der Waals surface area contributed by atoms with E-state index >= 15 is 0 Å². The van der Waals surface area contributed by atoms with Gasteiger partial charge in [0.1, 0.15) is 11.2 Å². The number of halogens is 1. The molecule has 1 fully saturated rings. The largest absolute Gasteiger partial charge is 0.378 e. The molecule has 2 N–H and O–H groups in total. The second kappa shape index (κ2) is 5.25. The summed E-state index contributed by atoms with van der Waals surface area (Å²) in [5, 5.41) is 6.17. The van der Waals surface area contributed by atoms with Gasteiger partial charge in [-0.1, -0.05) is 11.6 Å². The molecule has 1 saturated heterocycles. The van der Waals surface area contributed by atoms with Crippen LogP contribution in [0.4, 0.5) is 5.69 Å². The smallest absolute Gasteiger partial charge is 0.243 e. The topological polar surface area (TPSA) is 63.2 Å². The van der Waals surface area contributed by atoms with Gasteiger partial charge in [0.15, 0.2) is 0 Å². The lowest BCUT2D eigenvalue weighted by atomic mass is 10.2. The molecule has 1 aliphatic rings. The molecule has 1 aromatic rings. The summed E-state index contributed by atoms with van der Waals surface area (Å²) >= 11 is 5.71. The van der Waals surface area contributed by atoms with Gasteiger partial charge in [-0.05, 0) is 12.1 Å². The highest BCUT2D eigenvalue weighted by Gasteiger charge is 2.20. The van der Waals surface area contributed by atoms with Gasteiger partial charge in [-0.3, -0.25) is 4.79 Å². The minimum absolute atomic E-state index is 0.123. The van der Waals surface area contributed by atoms with Crippen LogP contribution in [0, 0.1) is 0 Å². The first kappa shape index (κ1) is 11.3. The third-order valence-electron chi connectivity index (χ3n) is 2.23. The standard InChI is InChI=1S/C10H12ClN3O2/c11-9-5-7(1-2-13-9)14-10(15)8-6-16-4-3-12-8/h1-2,5,8,12H,3-4,6H2,(H,13,14,15). The van der Waals surface area contributed by atoms with E-state index < -0.39 is 0 Å². The lowest BCUT2D eigenvalue weighted by Crippen LogP contribution is -2.48. The second-order valence-electron chi connectivity index (χ2n) is 3.44. The summed E-state index contributed by atoms with van der Waals surface area (Å²) in [6.45, 7) is 1.73. The first-order chi connectivity index (χ1) is 7.75. The van der Waals surface area contributed by atoms with Gasteiger partial charge >= 0.3 is 0 Å². The van der Waals surface area contributed by atoms with Gasteiger partial charge < -0.3 is 15.4 Å². The number of nitrogens with one attached hydrogen (secondary N) is 2. The molecule has 0 radical (unpaired) electrons. The number of anilines is 1. The summed E-state index contributed by atoms with van der Waals surface area (Å²) in [6, 6.07) is 2.98. The zero-order valence-electron chi connectivity index (χ0n) is 8.57. The van der Waals surface area contributed by atoms with Crippen molar-refractivity contribution in [3.8, 4) is 0 Å². The molecule has 1 amide bonds. The van der Waals surface area contributed by atoms with Gasteiger partial charge in [0.05, 0.1) is 13.2 Å². The fourth-order valence-electron chi connectivity index (χ4n) is 1.44. The molecule has 1 aliphatic heterocycles. The molecule has 16 heavy (non-hydrogen) atoms. The molecular formula is C10H12ClN3O2. The summed E-state index contributed by atoms with van der Waals surface area (Å²) in [5.41, 5.74) is 0.636. The van der Waals surface area contributed by atoms with Gasteiger partial charge in [0, 0.05) is 18.4 Å². The van der Waals surface area contributed by atoms with E-state index in [2.05, 4.69) is 15.6 Å². The molecule has 5 nitrogen and oxygen atoms in total. The summed E-state index contributed by atoms with van der Waals surface area (Å²) in [6.07, 6.45) is 1.54. The molecule has 2 heterocycles. The number of morpholine rings is 1. The predicted octanol–water partition coefficient (Wildman–Crippen LogP) is 0.662. The first-order valence-electron chi connectivity index (χ1n) is 4.99. The maximum atomic E-state index is 11.8. The Kier molecular flexibility index (Phi) is 3.71. The van der Waals surface area contributed by atoms with Crippen molar-refractivity contribution in [3.05, 3.63) is 23.5 Å². The molecule has 6 heteroatoms. The number of carbonyl (C=O) groups excluding carboxylic acids is 1. The van der Waals surface area contributed by atoms with Crippen LogP contribution in [0.3, 0.4) is 0 Å². The number of carbonyl (C=O) groups is 1. The van der Waals surface area contributed by atoms with Crippen molar-refractivity contribution in [1.82, 2.24) is 10.3 Å². The highest BCUT2D eigenvalue weighted by atomic mass is 35.5. The SMILES string of the molecule is O=C(Nc1ccnc(Cl)c1)C1COCCN1. The predicted molar refractivity (Wildman–Crippen MR) is 60.5 cm³/mol. The Labute approximate surface area is 98.1 Å². The van der Waals surface area contributed by atoms with Crippen molar-refractivity contribution in [1.29, 1.82) is 0 Å². The lowest BCUT2D eigenvalue weighted by Gasteiger charge is -2.22. The maximum Gasteiger partial charge on any atom is 0.243 e. The van der Waals surface area contributed by atoms with Crippen LogP contribution in [0.25, 0.3) is 0 Å². The Morgan fingerprint density at radius 1 is 1.69 bits per heavy atom. The lowest BCUT2D eigenvalue weighted by molar-refractivity contribution is -0.120. The summed E-state index contributed by atoms with van der Waals surface area (Å²) in [5.74, 6) is -0.123. The number of aromatic nitrogens is 1. The Hall–Kier alpha value is -1.17. The van der Waals surface area contributed by atoms with Crippen molar-refractivity contribution in [3.63, 3.8) is 0 Å². The molecule has 1 atom stereocenters. The third-order valence-corrected chi connectivity index (χ3v) is 2.44. The zero-order chi connectivity index (χ0) is 11.4. The van der Waals surface area contributed by atoms with E-state index in [-0.39, 0.29) is 11.9 Å². The van der Waals surface area contributed by atoms with Gasteiger partial charge in [0.2, 0.25) is 5.91 Å². The van der Waals surface area contributed by atoms with Crippen LogP contribution in [0.2, 0.25) is 5.15 Å². The average Bonchev–Trinajstić information content (AvgIpc) is 2.30. The zero-order valence-corrected chi connectivity index (χ0v) is 9.33. The Morgan fingerprint density at radius 3 is 3.25 bits per heavy atom. The fourth-order valence-corrected chi connectivity index (χ4v) is 1.62. The van der Waals surface area contributed by atoms with Gasteiger partial charge in [-0.2, -0.15) is 0 Å². The number of hydrogen-bond donors (Lipinski definition) is 2. The number of nitrogens with zero attached hydrogens (tertiary/aromatic N) is 1. The van der Waals surface area contributed by atoms with Crippen molar-refractivity contribution in [2.45, 2.75) is 6.04 Å². The van der Waals surface area contributed by atoms with Crippen LogP contribution in [-0.2, 0) is 9.53 Å². The van der Waals surface area contributed by atoms with Crippen LogP contribution in [-0.4, -0.2) is 36.7 Å². The first-order valence-corrected chi connectivity index (χ1v) is 5.37. The summed E-state index contributed by atoms with van der Waals surface area (Å²) in [7, 11) is 0. The molecule has 2 rings (SSSR count). The second-order valence-corrected chi connectivity index (χ2v) is 3.83. The van der Waals surface area contributed by atoms with Gasteiger partial charge in [0.25, 0.3) is 0 Å². The fraction of sp³-hybridized carbons (Fsp3) is 0.400. The molecule has 0 bridgehead atoms. The minimum Gasteiger partial charge on any atom is -0.378 e. The van der Waals surface area contributed by atoms with Gasteiger partial charge in [-0.15, -0.1) is 0 Å². The monoisotopic (exact) mass is 241 g/mol. The number of hydrogen-bond acceptors (Lipinski definition) is 4. The van der Waals surface area contributed by atoms with Crippen molar-refractivity contribution in [2.24, 2.45) is 0 Å². The number of rotatable bonds is 2. The molecule has 0 saturated carbocycles. The Morgan fingerprint density at radius 2 is 2.56 bits per heavy atom. The van der Waals surface area contributed by atoms with Crippen molar-refractivity contribution >= 4 is 23.2 Å². The van der Waals surface area contributed by atoms with E-state index in [1.807, 2.05) is 0 Å². The van der Waals surface area contributed by atoms with E-state index in [4.69, 9.17) is 16.3 Å². The summed E-state index contributed by atoms with van der Waals surface area (Å²) in [4.78, 5) is 15.6. The van der Waals surface area contributed by atoms with E-state index in [9.17, 15) is 4.79 Å². The highest BCUT2D eigenvalue weighted by Crippen LogP contribution is 2.12. The molecule has 0 aromatic carbocycles. The molecule has 1 unspecified atom stereocenters. The molecule has 0 aliphatic carbocycles. The van der Waals surface area contributed by atoms with E-state index in [0.717, 1.165) is 0 Å². The maximum absolute atomic E-state index is 11.8. The minimum atomic E-state index is -0.305. The number of amides is 1. The van der Waals surface area contributed by atoms with E-state index in [1.54, 1.807) is 18.3 Å². The number of pyridine rings is 1. The van der Waals surface area contributed by atoms with Gasteiger partial charge in [-0.25, -0.2) is 4.98 Å². The van der Waals surface area contributed by atoms with E-state index in [1.165, 1.54) is 0 Å². The normalized spacial score (nSPS) is 20.4. The quantitative estimate of drug-likeness (QED) is 0.747. The molecule has 0 spiro atoms. The highest BCUT2D eigenvalue weighted by molar-refractivity contribution is 6.29. The van der Waals surface area contributed by atoms with Crippen LogP contribution in [0.15, 0.2) is 18.3 Å². The van der Waals surface area contributed by atoms with Crippen molar-refractivity contribution in [2.75, 3.05) is 25.1 Å².